The van der Waals surface area contributed by atoms with Gasteiger partial charge in [0.15, 0.2) is 34.2 Å². The fourth-order valence-electron chi connectivity index (χ4n) is 6.72. The van der Waals surface area contributed by atoms with E-state index < -0.39 is 0 Å². The van der Waals surface area contributed by atoms with Crippen LogP contribution in [0.15, 0.2) is 123 Å². The molecule has 0 spiro atoms. The molecule has 0 aliphatic heterocycles. The van der Waals surface area contributed by atoms with Crippen molar-refractivity contribution in [3.63, 3.8) is 0 Å². The van der Waals surface area contributed by atoms with Gasteiger partial charge >= 0.3 is 0 Å². The van der Waals surface area contributed by atoms with Crippen molar-refractivity contribution in [2.45, 2.75) is 0 Å². The van der Waals surface area contributed by atoms with Crippen molar-refractivity contribution in [2.75, 3.05) is 57.0 Å². The minimum atomic E-state index is 0.429. The Morgan fingerprint density at radius 1 is 0.333 bits per heavy atom. The molecule has 0 saturated heterocycles. The van der Waals surface area contributed by atoms with E-state index in [1.165, 1.54) is 0 Å². The van der Waals surface area contributed by atoms with E-state index in [4.69, 9.17) is 43.2 Å². The van der Waals surface area contributed by atoms with E-state index in [0.717, 1.165) is 33.6 Å². The van der Waals surface area contributed by atoms with Gasteiger partial charge in [-0.15, -0.1) is 0 Å². The number of fused-ring (bicyclic) bond motifs is 3. The van der Waals surface area contributed by atoms with Crippen LogP contribution in [0.3, 0.4) is 0 Å². The third-order valence-corrected chi connectivity index (χ3v) is 10.1. The van der Waals surface area contributed by atoms with E-state index in [9.17, 15) is 0 Å². The van der Waals surface area contributed by atoms with Gasteiger partial charge in [0.1, 0.15) is 16.6 Å². The van der Waals surface area contributed by atoms with Crippen LogP contribution in [0.1, 0.15) is 0 Å². The van der Waals surface area contributed by atoms with Crippen LogP contribution in [0.5, 0.6) is 0 Å². The number of hydrogen-bond donors (Lipinski definition) is 0. The largest absolute Gasteiger partial charge is 0.436 e. The van der Waals surface area contributed by atoms with E-state index in [1.54, 1.807) is 37.2 Å². The number of benzene rings is 4. The second kappa shape index (κ2) is 14.4. The van der Waals surface area contributed by atoms with Gasteiger partial charge in [0.25, 0.3) is 0 Å². The number of hydrogen-bond acceptors (Lipinski definition) is 15. The van der Waals surface area contributed by atoms with Crippen LogP contribution < -0.4 is 14.7 Å². The van der Waals surface area contributed by atoms with Gasteiger partial charge in [0, 0.05) is 131 Å². The van der Waals surface area contributed by atoms with Gasteiger partial charge in [0.05, 0.1) is 16.7 Å². The standard InChI is InChI=1S/C45H36N12O3/c1-55(2)31-7-10-34-37(16-31)58-43(52-34)28-19-46-40(47-20-28)25-13-26(41-48-21-29(22-49-41)44-53-35-11-8-32(56(3)4)17-38(35)59-44)15-27(14-25)42-50-23-30(24-51-42)45-54-36-12-9-33(57(5)6)18-39(36)60-45/h7-24H,1-6H3. The zero-order valence-corrected chi connectivity index (χ0v) is 33.5. The number of anilines is 3. The van der Waals surface area contributed by atoms with Crippen LogP contribution in [-0.2, 0) is 0 Å². The molecule has 0 unspecified atom stereocenters. The van der Waals surface area contributed by atoms with Gasteiger partial charge < -0.3 is 28.0 Å². The first-order valence-corrected chi connectivity index (χ1v) is 19.0. The molecule has 0 aliphatic carbocycles. The molecular weight excluding hydrogens is 757 g/mol. The smallest absolute Gasteiger partial charge is 0.230 e. The summed E-state index contributed by atoms with van der Waals surface area (Å²) in [6.45, 7) is 0. The molecule has 0 aliphatic rings. The average Bonchev–Trinajstić information content (AvgIpc) is 4.03. The van der Waals surface area contributed by atoms with Gasteiger partial charge in [-0.1, -0.05) is 0 Å². The van der Waals surface area contributed by atoms with Crippen molar-refractivity contribution < 1.29 is 13.3 Å². The lowest BCUT2D eigenvalue weighted by atomic mass is 10.0. The van der Waals surface area contributed by atoms with Crippen molar-refractivity contribution in [3.05, 3.63) is 110 Å². The van der Waals surface area contributed by atoms with Gasteiger partial charge in [-0.2, -0.15) is 0 Å². The van der Waals surface area contributed by atoms with Crippen molar-refractivity contribution >= 4 is 50.4 Å². The lowest BCUT2D eigenvalue weighted by Gasteiger charge is -2.10. The summed E-state index contributed by atoms with van der Waals surface area (Å²) >= 11 is 0. The Hall–Kier alpha value is -8.07. The number of nitrogens with zero attached hydrogens (tertiary/aromatic N) is 12. The Bertz CT molecular complexity index is 2830. The van der Waals surface area contributed by atoms with Gasteiger partial charge in [0.2, 0.25) is 17.7 Å². The number of oxazole rings is 3. The summed E-state index contributed by atoms with van der Waals surface area (Å²) in [4.78, 5) is 48.5. The molecule has 15 heteroatoms. The van der Waals surface area contributed by atoms with E-state index in [-0.39, 0.29) is 0 Å². The molecule has 294 valence electrons. The molecule has 0 N–H and O–H groups in total. The first-order valence-electron chi connectivity index (χ1n) is 19.0. The summed E-state index contributed by atoms with van der Waals surface area (Å²) in [5.74, 6) is 2.68. The first kappa shape index (κ1) is 36.3. The molecular formula is C45H36N12O3. The second-order valence-electron chi connectivity index (χ2n) is 14.9. The molecule has 0 bridgehead atoms. The molecule has 0 fully saturated rings. The molecule has 15 nitrogen and oxygen atoms in total. The van der Waals surface area contributed by atoms with E-state index in [0.29, 0.717) is 85.3 Å². The van der Waals surface area contributed by atoms with E-state index in [1.807, 2.05) is 130 Å². The summed E-state index contributed by atoms with van der Waals surface area (Å²) < 4.78 is 18.3. The number of rotatable bonds is 9. The van der Waals surface area contributed by atoms with Crippen LogP contribution in [0.2, 0.25) is 0 Å². The maximum absolute atomic E-state index is 6.11. The van der Waals surface area contributed by atoms with Crippen LogP contribution in [0, 0.1) is 0 Å². The van der Waals surface area contributed by atoms with Crippen LogP contribution >= 0.6 is 0 Å². The third-order valence-electron chi connectivity index (χ3n) is 10.1. The Morgan fingerprint density at radius 3 is 0.850 bits per heavy atom. The SMILES string of the molecule is CN(C)c1ccc2nc(-c3cnc(-c4cc(-c5ncc(-c6nc7ccc(N(C)C)cc7o6)cn5)cc(-c5ncc(-c6nc7ccc(N(C)C)cc7o6)cn5)c4)nc3)oc2c1. The number of aromatic nitrogens is 9. The summed E-state index contributed by atoms with van der Waals surface area (Å²) in [6, 6.07) is 23.5. The molecule has 10 aromatic rings. The van der Waals surface area contributed by atoms with Crippen molar-refractivity contribution in [1.29, 1.82) is 0 Å². The molecule has 0 radical (unpaired) electrons. The highest BCUT2D eigenvalue weighted by Crippen LogP contribution is 2.33. The molecule has 0 saturated carbocycles. The molecule has 6 heterocycles. The lowest BCUT2D eigenvalue weighted by molar-refractivity contribution is 0.618. The summed E-state index contributed by atoms with van der Waals surface area (Å²) in [5, 5.41) is 0. The van der Waals surface area contributed by atoms with Crippen molar-refractivity contribution in [1.82, 2.24) is 44.9 Å². The normalized spacial score (nSPS) is 11.5. The molecule has 0 atom stereocenters. The third kappa shape index (κ3) is 6.76. The fourth-order valence-corrected chi connectivity index (χ4v) is 6.72. The molecule has 60 heavy (non-hydrogen) atoms. The Balaban J connectivity index is 1.00. The van der Waals surface area contributed by atoms with Crippen LogP contribution in [-0.4, -0.2) is 87.1 Å². The summed E-state index contributed by atoms with van der Waals surface area (Å²) in [7, 11) is 11.9. The monoisotopic (exact) mass is 792 g/mol. The van der Waals surface area contributed by atoms with E-state index >= 15 is 0 Å². The predicted molar refractivity (Wildman–Crippen MR) is 232 cm³/mol. The van der Waals surface area contributed by atoms with Gasteiger partial charge in [-0.05, 0) is 54.6 Å². The molecule has 10 rings (SSSR count). The quantitative estimate of drug-likeness (QED) is 0.136. The topological polar surface area (TPSA) is 165 Å². The average molecular weight is 793 g/mol. The predicted octanol–water partition coefficient (Wildman–Crippen LogP) is 8.68. The second-order valence-corrected chi connectivity index (χ2v) is 14.9. The van der Waals surface area contributed by atoms with Crippen molar-refractivity contribution in [3.8, 4) is 68.5 Å². The molecule has 4 aromatic carbocycles. The maximum Gasteiger partial charge on any atom is 0.230 e. The minimum Gasteiger partial charge on any atom is -0.436 e. The summed E-state index contributed by atoms with van der Waals surface area (Å²) in [6.07, 6.45) is 10.2. The molecule has 0 amide bonds. The highest BCUT2D eigenvalue weighted by atomic mass is 16.4. The Morgan fingerprint density at radius 2 is 0.600 bits per heavy atom. The van der Waals surface area contributed by atoms with Gasteiger partial charge in [-0.25, -0.2) is 44.9 Å². The Kier molecular flexibility index (Phi) is 8.70. The van der Waals surface area contributed by atoms with E-state index in [2.05, 4.69) is 15.0 Å². The summed E-state index contributed by atoms with van der Waals surface area (Å²) in [5.41, 5.74) is 11.4. The Labute approximate surface area is 343 Å². The highest BCUT2D eigenvalue weighted by molar-refractivity contribution is 5.83. The minimum absolute atomic E-state index is 0.429. The van der Waals surface area contributed by atoms with Crippen molar-refractivity contribution in [2.24, 2.45) is 0 Å². The zero-order chi connectivity index (χ0) is 41.1. The first-order chi connectivity index (χ1) is 29.1. The molecule has 6 aromatic heterocycles. The van der Waals surface area contributed by atoms with Crippen LogP contribution in [0.4, 0.5) is 17.1 Å². The van der Waals surface area contributed by atoms with Crippen LogP contribution in [0.25, 0.3) is 102 Å². The fraction of sp³-hybridized carbons (Fsp3) is 0.133. The lowest BCUT2D eigenvalue weighted by Crippen LogP contribution is -2.07. The zero-order valence-electron chi connectivity index (χ0n) is 33.5. The highest BCUT2D eigenvalue weighted by Gasteiger charge is 2.18. The maximum atomic E-state index is 6.11. The van der Waals surface area contributed by atoms with Gasteiger partial charge in [-0.3, -0.25) is 0 Å².